The standard InChI is InChI=1S/C13H21N3O3/c1-8(2)10-11(17)14-13(19)16(12(10)18)9-4-6-15(3)7-5-9/h8-10H,4-7H2,1-3H3,(H,14,17,19). The highest BCUT2D eigenvalue weighted by Gasteiger charge is 2.45. The second-order valence-electron chi connectivity index (χ2n) is 5.76. The Morgan fingerprint density at radius 3 is 2.26 bits per heavy atom. The molecule has 2 rings (SSSR count). The zero-order valence-electron chi connectivity index (χ0n) is 11.7. The van der Waals surface area contributed by atoms with E-state index < -0.39 is 17.9 Å². The Morgan fingerprint density at radius 1 is 1.16 bits per heavy atom. The Bertz CT molecular complexity index is 400. The van der Waals surface area contributed by atoms with Gasteiger partial charge in [0.25, 0.3) is 0 Å². The van der Waals surface area contributed by atoms with E-state index in [1.165, 1.54) is 4.90 Å². The summed E-state index contributed by atoms with van der Waals surface area (Å²) in [5.74, 6) is -1.64. The van der Waals surface area contributed by atoms with Gasteiger partial charge in [0.05, 0.1) is 0 Å². The number of piperidine rings is 1. The lowest BCUT2D eigenvalue weighted by Gasteiger charge is -2.40. The number of urea groups is 1. The van der Waals surface area contributed by atoms with Gasteiger partial charge in [0.2, 0.25) is 11.8 Å². The van der Waals surface area contributed by atoms with Crippen LogP contribution in [-0.2, 0) is 9.59 Å². The highest BCUT2D eigenvalue weighted by molar-refractivity contribution is 6.16. The molecule has 2 fully saturated rings. The molecule has 19 heavy (non-hydrogen) atoms. The van der Waals surface area contributed by atoms with Crippen LogP contribution in [0, 0.1) is 11.8 Å². The normalized spacial score (nSPS) is 27.1. The van der Waals surface area contributed by atoms with Gasteiger partial charge in [0.15, 0.2) is 0 Å². The number of likely N-dealkylation sites (tertiary alicyclic amines) is 1. The fourth-order valence-electron chi connectivity index (χ4n) is 2.79. The van der Waals surface area contributed by atoms with E-state index in [1.807, 2.05) is 20.9 Å². The number of hydrogen-bond acceptors (Lipinski definition) is 4. The molecule has 0 aliphatic carbocycles. The van der Waals surface area contributed by atoms with E-state index in [-0.39, 0.29) is 17.9 Å². The molecule has 2 aliphatic rings. The first-order chi connectivity index (χ1) is 8.91. The van der Waals surface area contributed by atoms with Crippen LogP contribution >= 0.6 is 0 Å². The quantitative estimate of drug-likeness (QED) is 0.737. The number of barbiturate groups is 1. The molecule has 1 N–H and O–H groups in total. The minimum absolute atomic E-state index is 0.0851. The lowest BCUT2D eigenvalue weighted by atomic mass is 9.90. The lowest BCUT2D eigenvalue weighted by Crippen LogP contribution is -2.63. The van der Waals surface area contributed by atoms with Gasteiger partial charge in [-0.1, -0.05) is 13.8 Å². The average molecular weight is 267 g/mol. The van der Waals surface area contributed by atoms with Crippen molar-refractivity contribution >= 4 is 17.8 Å². The van der Waals surface area contributed by atoms with Gasteiger partial charge in [-0.2, -0.15) is 0 Å². The molecule has 1 unspecified atom stereocenters. The van der Waals surface area contributed by atoms with Gasteiger partial charge in [-0.05, 0) is 38.9 Å². The molecule has 0 spiro atoms. The first-order valence-electron chi connectivity index (χ1n) is 6.78. The molecule has 2 saturated heterocycles. The van der Waals surface area contributed by atoms with Crippen LogP contribution in [-0.4, -0.2) is 53.8 Å². The van der Waals surface area contributed by atoms with Crippen molar-refractivity contribution in [2.75, 3.05) is 20.1 Å². The van der Waals surface area contributed by atoms with Crippen molar-refractivity contribution in [2.45, 2.75) is 32.7 Å². The van der Waals surface area contributed by atoms with Crippen molar-refractivity contribution in [3.63, 3.8) is 0 Å². The van der Waals surface area contributed by atoms with Gasteiger partial charge in [-0.3, -0.25) is 19.8 Å². The van der Waals surface area contributed by atoms with Crippen LogP contribution in [0.4, 0.5) is 4.79 Å². The van der Waals surface area contributed by atoms with E-state index in [0.29, 0.717) is 0 Å². The van der Waals surface area contributed by atoms with E-state index >= 15 is 0 Å². The third kappa shape index (κ3) is 2.63. The molecule has 6 nitrogen and oxygen atoms in total. The van der Waals surface area contributed by atoms with Crippen LogP contribution < -0.4 is 5.32 Å². The predicted octanol–water partition coefficient (Wildman–Crippen LogP) is 0.431. The molecule has 2 heterocycles. The van der Waals surface area contributed by atoms with Crippen molar-refractivity contribution < 1.29 is 14.4 Å². The van der Waals surface area contributed by atoms with E-state index in [9.17, 15) is 14.4 Å². The summed E-state index contributed by atoms with van der Waals surface area (Å²) >= 11 is 0. The number of amides is 4. The molecule has 0 bridgehead atoms. The van der Waals surface area contributed by atoms with E-state index in [1.54, 1.807) is 0 Å². The van der Waals surface area contributed by atoms with Crippen molar-refractivity contribution in [1.29, 1.82) is 0 Å². The first-order valence-corrected chi connectivity index (χ1v) is 6.78. The number of nitrogens with one attached hydrogen (secondary N) is 1. The summed E-state index contributed by atoms with van der Waals surface area (Å²) in [6, 6.07) is -0.639. The van der Waals surface area contributed by atoms with Gasteiger partial charge in [0, 0.05) is 6.04 Å². The van der Waals surface area contributed by atoms with Crippen molar-refractivity contribution in [1.82, 2.24) is 15.1 Å². The number of imide groups is 2. The predicted molar refractivity (Wildman–Crippen MR) is 69.2 cm³/mol. The summed E-state index contributed by atoms with van der Waals surface area (Å²) in [5.41, 5.74) is 0. The average Bonchev–Trinajstić information content (AvgIpc) is 2.30. The monoisotopic (exact) mass is 267 g/mol. The largest absolute Gasteiger partial charge is 0.331 e. The Kier molecular flexibility index (Phi) is 3.89. The Balaban J connectivity index is 2.16. The summed E-state index contributed by atoms with van der Waals surface area (Å²) in [6.07, 6.45) is 1.54. The van der Waals surface area contributed by atoms with Crippen molar-refractivity contribution in [3.05, 3.63) is 0 Å². The smallest absolute Gasteiger partial charge is 0.306 e. The SMILES string of the molecule is CC(C)C1C(=O)NC(=O)N(C2CCN(C)CC2)C1=O. The molecule has 0 aromatic carbocycles. The van der Waals surface area contributed by atoms with Gasteiger partial charge >= 0.3 is 6.03 Å². The zero-order chi connectivity index (χ0) is 14.2. The highest BCUT2D eigenvalue weighted by Crippen LogP contribution is 2.24. The van der Waals surface area contributed by atoms with Crippen molar-refractivity contribution in [2.24, 2.45) is 11.8 Å². The van der Waals surface area contributed by atoms with Gasteiger partial charge in [0.1, 0.15) is 5.92 Å². The Labute approximate surface area is 113 Å². The minimum atomic E-state index is -0.739. The summed E-state index contributed by atoms with van der Waals surface area (Å²) in [5, 5.41) is 2.31. The Morgan fingerprint density at radius 2 is 1.74 bits per heavy atom. The molecule has 4 amide bonds. The number of carbonyl (C=O) groups excluding carboxylic acids is 3. The van der Waals surface area contributed by atoms with Crippen LogP contribution in [0.15, 0.2) is 0 Å². The molecular formula is C13H21N3O3. The van der Waals surface area contributed by atoms with Gasteiger partial charge in [-0.15, -0.1) is 0 Å². The maximum Gasteiger partial charge on any atom is 0.331 e. The third-order valence-corrected chi connectivity index (χ3v) is 3.95. The summed E-state index contributed by atoms with van der Waals surface area (Å²) in [7, 11) is 2.02. The fourth-order valence-corrected chi connectivity index (χ4v) is 2.79. The van der Waals surface area contributed by atoms with Crippen LogP contribution in [0.2, 0.25) is 0 Å². The second kappa shape index (κ2) is 5.28. The molecule has 106 valence electrons. The molecule has 0 radical (unpaired) electrons. The van der Waals surface area contributed by atoms with Crippen LogP contribution in [0.1, 0.15) is 26.7 Å². The lowest BCUT2D eigenvalue weighted by molar-refractivity contribution is -0.146. The first kappa shape index (κ1) is 14.0. The molecular weight excluding hydrogens is 246 g/mol. The third-order valence-electron chi connectivity index (χ3n) is 3.95. The van der Waals surface area contributed by atoms with Crippen LogP contribution in [0.3, 0.4) is 0 Å². The van der Waals surface area contributed by atoms with E-state index in [2.05, 4.69) is 10.2 Å². The maximum atomic E-state index is 12.4. The van der Waals surface area contributed by atoms with Gasteiger partial charge in [-0.25, -0.2) is 4.79 Å². The second-order valence-corrected chi connectivity index (χ2v) is 5.76. The van der Waals surface area contributed by atoms with Crippen molar-refractivity contribution in [3.8, 4) is 0 Å². The molecule has 0 saturated carbocycles. The van der Waals surface area contributed by atoms with Crippen LogP contribution in [0.5, 0.6) is 0 Å². The van der Waals surface area contributed by atoms with Crippen LogP contribution in [0.25, 0.3) is 0 Å². The van der Waals surface area contributed by atoms with E-state index in [0.717, 1.165) is 25.9 Å². The molecule has 0 aromatic heterocycles. The Hall–Kier alpha value is -1.43. The minimum Gasteiger partial charge on any atom is -0.306 e. The number of carbonyl (C=O) groups is 3. The maximum absolute atomic E-state index is 12.4. The number of hydrogen-bond donors (Lipinski definition) is 1. The number of rotatable bonds is 2. The zero-order valence-corrected chi connectivity index (χ0v) is 11.7. The summed E-state index contributed by atoms with van der Waals surface area (Å²) < 4.78 is 0. The summed E-state index contributed by atoms with van der Waals surface area (Å²) in [4.78, 5) is 39.5. The van der Waals surface area contributed by atoms with E-state index in [4.69, 9.17) is 0 Å². The highest BCUT2D eigenvalue weighted by atomic mass is 16.2. The number of nitrogens with zero attached hydrogens (tertiary/aromatic N) is 2. The molecule has 6 heteroatoms. The summed E-state index contributed by atoms with van der Waals surface area (Å²) in [6.45, 7) is 5.37. The topological polar surface area (TPSA) is 69.7 Å². The molecule has 0 aromatic rings. The molecule has 2 aliphatic heterocycles. The van der Waals surface area contributed by atoms with Gasteiger partial charge < -0.3 is 4.90 Å². The fraction of sp³-hybridized carbons (Fsp3) is 0.769. The molecule has 1 atom stereocenters.